The number of carbonyl (C=O) groups excluding carboxylic acids is 2. The molecule has 2 aromatic heterocycles. The molecule has 10 heteroatoms. The zero-order chi connectivity index (χ0) is 27.7. The van der Waals surface area contributed by atoms with E-state index in [1.54, 1.807) is 13.8 Å². The largest absolute Gasteiger partial charge is 0.478 e. The van der Waals surface area contributed by atoms with Gasteiger partial charge in [0.05, 0.1) is 22.3 Å². The van der Waals surface area contributed by atoms with Crippen LogP contribution in [-0.4, -0.2) is 34.1 Å². The van der Waals surface area contributed by atoms with E-state index in [4.69, 9.17) is 18.3 Å². The summed E-state index contributed by atoms with van der Waals surface area (Å²) in [5.41, 5.74) is 1.79. The van der Waals surface area contributed by atoms with E-state index < -0.39 is 23.9 Å². The lowest BCUT2D eigenvalue weighted by Crippen LogP contribution is -2.07. The lowest BCUT2D eigenvalue weighted by molar-refractivity contribution is -0.129. The second-order valence-electron chi connectivity index (χ2n) is 8.04. The van der Waals surface area contributed by atoms with Crippen molar-refractivity contribution in [2.45, 2.75) is 13.8 Å². The monoisotopic (exact) mass is 516 g/mol. The first kappa shape index (κ1) is 25.7. The van der Waals surface area contributed by atoms with E-state index in [9.17, 15) is 29.4 Å². The molecule has 4 rings (SSSR count). The maximum Gasteiger partial charge on any atom is 0.335 e. The fourth-order valence-electron chi connectivity index (χ4n) is 4.14. The third-order valence-electron chi connectivity index (χ3n) is 5.89. The number of carboxylic acid groups (broad SMARTS) is 2. The molecular formula is C28H20O10. The number of ether oxygens (including phenoxy) is 2. The highest BCUT2D eigenvalue weighted by Crippen LogP contribution is 2.46. The van der Waals surface area contributed by atoms with Crippen LogP contribution in [0.1, 0.15) is 31.8 Å². The molecule has 0 amide bonds. The van der Waals surface area contributed by atoms with Crippen molar-refractivity contribution < 1.29 is 47.7 Å². The van der Waals surface area contributed by atoms with Gasteiger partial charge in [0.15, 0.2) is 11.2 Å². The summed E-state index contributed by atoms with van der Waals surface area (Å²) in [4.78, 5) is 47.5. The molecule has 0 atom stereocenters. The van der Waals surface area contributed by atoms with Crippen LogP contribution in [0.15, 0.2) is 70.9 Å². The Morgan fingerprint density at radius 2 is 1.08 bits per heavy atom. The minimum absolute atomic E-state index is 0.0387. The van der Waals surface area contributed by atoms with E-state index in [-0.39, 0.29) is 67.2 Å². The predicted molar refractivity (Wildman–Crippen MR) is 134 cm³/mol. The Kier molecular flexibility index (Phi) is 6.72. The molecule has 0 unspecified atom stereocenters. The summed E-state index contributed by atoms with van der Waals surface area (Å²) >= 11 is 0. The SMILES string of the molecule is C=CC(=O)Oc1ccc(C(=O)O)c(C)c1-c1coc2c(-c3c(OC(=O)C=C)ccc(C(=O)O)c3C)coc12. The number of furan rings is 2. The number of hydrogen-bond donors (Lipinski definition) is 2. The number of fused-ring (bicyclic) bond motifs is 1. The fourth-order valence-corrected chi connectivity index (χ4v) is 4.14. The number of esters is 2. The zero-order valence-electron chi connectivity index (χ0n) is 20.2. The van der Waals surface area contributed by atoms with E-state index in [1.165, 1.54) is 36.8 Å². The Hall–Kier alpha value is -5.38. The van der Waals surface area contributed by atoms with Crippen molar-refractivity contribution in [3.8, 4) is 33.8 Å². The van der Waals surface area contributed by atoms with E-state index in [2.05, 4.69) is 13.2 Å². The smallest absolute Gasteiger partial charge is 0.335 e. The Labute approximate surface area is 215 Å². The third kappa shape index (κ3) is 4.35. The molecule has 0 spiro atoms. The quantitative estimate of drug-likeness (QED) is 0.173. The van der Waals surface area contributed by atoms with E-state index in [0.717, 1.165) is 12.2 Å². The Morgan fingerprint density at radius 1 is 0.711 bits per heavy atom. The van der Waals surface area contributed by atoms with Crippen LogP contribution in [-0.2, 0) is 9.59 Å². The minimum Gasteiger partial charge on any atom is -0.478 e. The van der Waals surface area contributed by atoms with Crippen LogP contribution in [0.5, 0.6) is 11.5 Å². The van der Waals surface area contributed by atoms with Crippen LogP contribution in [0, 0.1) is 13.8 Å². The van der Waals surface area contributed by atoms with Crippen LogP contribution in [0.2, 0.25) is 0 Å². The molecule has 192 valence electrons. The molecule has 0 bridgehead atoms. The van der Waals surface area contributed by atoms with Gasteiger partial charge in [-0.2, -0.15) is 0 Å². The molecule has 4 aromatic rings. The molecule has 2 N–H and O–H groups in total. The highest BCUT2D eigenvalue weighted by molar-refractivity contribution is 6.05. The van der Waals surface area contributed by atoms with E-state index in [1.807, 2.05) is 0 Å². The van der Waals surface area contributed by atoms with E-state index >= 15 is 0 Å². The van der Waals surface area contributed by atoms with Crippen LogP contribution < -0.4 is 9.47 Å². The van der Waals surface area contributed by atoms with Gasteiger partial charge in [0.25, 0.3) is 0 Å². The zero-order valence-corrected chi connectivity index (χ0v) is 20.2. The van der Waals surface area contributed by atoms with Crippen molar-refractivity contribution in [2.24, 2.45) is 0 Å². The first-order valence-corrected chi connectivity index (χ1v) is 11.0. The van der Waals surface area contributed by atoms with Gasteiger partial charge in [0.1, 0.15) is 24.0 Å². The minimum atomic E-state index is -1.19. The molecule has 0 radical (unpaired) electrons. The summed E-state index contributed by atoms with van der Waals surface area (Å²) < 4.78 is 22.3. The fraction of sp³-hybridized carbons (Fsp3) is 0.0714. The van der Waals surface area contributed by atoms with Crippen LogP contribution in [0.3, 0.4) is 0 Å². The van der Waals surface area contributed by atoms with E-state index in [0.29, 0.717) is 0 Å². The summed E-state index contributed by atoms with van der Waals surface area (Å²) in [5.74, 6) is -3.82. The predicted octanol–water partition coefficient (Wildman–Crippen LogP) is 5.56. The van der Waals surface area contributed by atoms with Gasteiger partial charge in [-0.3, -0.25) is 0 Å². The number of aromatic carboxylic acids is 2. The molecule has 0 aliphatic carbocycles. The summed E-state index contributed by atoms with van der Waals surface area (Å²) in [6.07, 6.45) is 4.51. The molecular weight excluding hydrogens is 496 g/mol. The molecule has 0 saturated heterocycles. The standard InChI is InChI=1S/C28H20O10/c1-5-21(29)37-19-9-7-15(27(31)32)13(3)23(19)17-11-35-26-18(12-36-25(17)26)24-14(4)16(28(33)34)8-10-20(24)38-22(30)6-2/h5-12H,1-2H2,3-4H3,(H,31,32)(H,33,34). The highest BCUT2D eigenvalue weighted by atomic mass is 16.5. The van der Waals surface area contributed by atoms with Crippen LogP contribution in [0.25, 0.3) is 33.4 Å². The van der Waals surface area contributed by atoms with Crippen molar-refractivity contribution in [1.82, 2.24) is 0 Å². The number of hydrogen-bond acceptors (Lipinski definition) is 8. The number of carbonyl (C=O) groups is 4. The second-order valence-corrected chi connectivity index (χ2v) is 8.04. The average Bonchev–Trinajstić information content (AvgIpc) is 3.46. The number of rotatable bonds is 8. The van der Waals surface area contributed by atoms with Gasteiger partial charge < -0.3 is 28.5 Å². The van der Waals surface area contributed by atoms with Crippen LogP contribution >= 0.6 is 0 Å². The lowest BCUT2D eigenvalue weighted by Gasteiger charge is -2.13. The van der Waals surface area contributed by atoms with Crippen LogP contribution in [0.4, 0.5) is 0 Å². The van der Waals surface area contributed by atoms with Gasteiger partial charge >= 0.3 is 23.9 Å². The average molecular weight is 516 g/mol. The van der Waals surface area contributed by atoms with Gasteiger partial charge in [-0.1, -0.05) is 13.2 Å². The third-order valence-corrected chi connectivity index (χ3v) is 5.89. The highest BCUT2D eigenvalue weighted by Gasteiger charge is 2.27. The van der Waals surface area contributed by atoms with Gasteiger partial charge in [-0.15, -0.1) is 0 Å². The summed E-state index contributed by atoms with van der Waals surface area (Å²) in [6, 6.07) is 5.28. The molecule has 38 heavy (non-hydrogen) atoms. The molecule has 0 aliphatic heterocycles. The Balaban J connectivity index is 1.99. The summed E-state index contributed by atoms with van der Waals surface area (Å²) in [7, 11) is 0. The summed E-state index contributed by atoms with van der Waals surface area (Å²) in [5, 5.41) is 19.3. The first-order valence-electron chi connectivity index (χ1n) is 11.0. The molecule has 0 fully saturated rings. The van der Waals surface area contributed by atoms with Crippen molar-refractivity contribution in [1.29, 1.82) is 0 Å². The molecule has 2 aromatic carbocycles. The Bertz CT molecular complexity index is 1540. The lowest BCUT2D eigenvalue weighted by atomic mass is 9.95. The van der Waals surface area contributed by atoms with Crippen molar-refractivity contribution in [2.75, 3.05) is 0 Å². The molecule has 0 saturated carbocycles. The topological polar surface area (TPSA) is 153 Å². The second kappa shape index (κ2) is 9.94. The summed E-state index contributed by atoms with van der Waals surface area (Å²) in [6.45, 7) is 9.84. The van der Waals surface area contributed by atoms with Crippen molar-refractivity contribution in [3.63, 3.8) is 0 Å². The first-order chi connectivity index (χ1) is 18.1. The molecule has 0 aliphatic rings. The van der Waals surface area contributed by atoms with Gasteiger partial charge in [0.2, 0.25) is 0 Å². The van der Waals surface area contributed by atoms with Crippen molar-refractivity contribution in [3.05, 3.63) is 84.4 Å². The Morgan fingerprint density at radius 3 is 1.39 bits per heavy atom. The number of benzene rings is 2. The van der Waals surface area contributed by atoms with Gasteiger partial charge in [-0.05, 0) is 49.2 Å². The number of carboxylic acids is 2. The van der Waals surface area contributed by atoms with Gasteiger partial charge in [0, 0.05) is 23.3 Å². The maximum atomic E-state index is 12.0. The molecule has 2 heterocycles. The van der Waals surface area contributed by atoms with Crippen molar-refractivity contribution >= 4 is 35.0 Å². The molecule has 10 nitrogen and oxygen atoms in total. The normalized spacial score (nSPS) is 10.7. The maximum absolute atomic E-state index is 12.0. The van der Waals surface area contributed by atoms with Gasteiger partial charge in [-0.25, -0.2) is 19.2 Å².